The highest BCUT2D eigenvalue weighted by atomic mass is 28.3. The van der Waals surface area contributed by atoms with E-state index in [0.29, 0.717) is 0 Å². The molecule has 2 aromatic heterocycles. The second kappa shape index (κ2) is 5.26. The summed E-state index contributed by atoms with van der Waals surface area (Å²) >= 11 is 0. The number of nitrogens with zero attached hydrogens (tertiary/aromatic N) is 2. The molecule has 0 N–H and O–H groups in total. The van der Waals surface area contributed by atoms with Crippen molar-refractivity contribution < 1.29 is 0 Å². The van der Waals surface area contributed by atoms with E-state index in [9.17, 15) is 0 Å². The van der Waals surface area contributed by atoms with E-state index in [0.717, 1.165) is 5.69 Å². The number of benzene rings is 2. The average Bonchev–Trinajstić information content (AvgIpc) is 2.64. The van der Waals surface area contributed by atoms with E-state index in [-0.39, 0.29) is 5.41 Å². The van der Waals surface area contributed by atoms with Gasteiger partial charge in [-0.15, -0.1) is 0 Å². The number of hydrogen-bond acceptors (Lipinski definition) is 2. The van der Waals surface area contributed by atoms with Gasteiger partial charge in [0.15, 0.2) is 0 Å². The van der Waals surface area contributed by atoms with Gasteiger partial charge in [-0.1, -0.05) is 57.8 Å². The van der Waals surface area contributed by atoms with Crippen molar-refractivity contribution >= 4 is 34.9 Å². The van der Waals surface area contributed by atoms with Gasteiger partial charge in [0.2, 0.25) is 0 Å². The maximum absolute atomic E-state index is 5.26. The number of pyridine rings is 2. The Morgan fingerprint density at radius 3 is 2.26 bits per heavy atom. The molecule has 0 spiro atoms. The molecule has 1 aliphatic rings. The summed E-state index contributed by atoms with van der Waals surface area (Å²) in [6, 6.07) is 17.7. The molecule has 2 heterocycles. The van der Waals surface area contributed by atoms with E-state index in [2.05, 4.69) is 82.0 Å². The minimum atomic E-state index is -1.52. The van der Waals surface area contributed by atoms with E-state index in [1.165, 1.54) is 43.7 Å². The summed E-state index contributed by atoms with van der Waals surface area (Å²) in [6.45, 7) is 11.7. The van der Waals surface area contributed by atoms with Gasteiger partial charge >= 0.3 is 0 Å². The number of rotatable bonds is 1. The van der Waals surface area contributed by atoms with Crippen LogP contribution in [0, 0.1) is 0 Å². The van der Waals surface area contributed by atoms with Gasteiger partial charge in [0, 0.05) is 27.9 Å². The average molecular weight is 369 g/mol. The monoisotopic (exact) mass is 368 g/mol. The van der Waals surface area contributed by atoms with Crippen LogP contribution in [-0.2, 0) is 5.41 Å². The number of fused-ring (bicyclic) bond motifs is 3. The Morgan fingerprint density at radius 1 is 0.852 bits per heavy atom. The Labute approximate surface area is 161 Å². The van der Waals surface area contributed by atoms with Crippen molar-refractivity contribution in [3.05, 3.63) is 66.0 Å². The van der Waals surface area contributed by atoms with E-state index in [4.69, 9.17) is 9.97 Å². The summed E-state index contributed by atoms with van der Waals surface area (Å²) < 4.78 is 0. The lowest BCUT2D eigenvalue weighted by Gasteiger charge is -2.35. The fraction of sp³-hybridized carbons (Fsp3) is 0.250. The minimum absolute atomic E-state index is 0.149. The zero-order valence-corrected chi connectivity index (χ0v) is 17.6. The van der Waals surface area contributed by atoms with Crippen LogP contribution in [0.1, 0.15) is 25.1 Å². The first-order valence-electron chi connectivity index (χ1n) is 9.61. The maximum Gasteiger partial charge on any atom is 0.101 e. The molecule has 27 heavy (non-hydrogen) atoms. The van der Waals surface area contributed by atoms with Gasteiger partial charge in [0.25, 0.3) is 0 Å². The molecule has 0 bridgehead atoms. The molecule has 0 radical (unpaired) electrons. The maximum atomic E-state index is 5.26. The van der Waals surface area contributed by atoms with Crippen molar-refractivity contribution in [2.24, 2.45) is 0 Å². The predicted molar refractivity (Wildman–Crippen MR) is 118 cm³/mol. The van der Waals surface area contributed by atoms with Crippen molar-refractivity contribution in [2.75, 3.05) is 0 Å². The van der Waals surface area contributed by atoms with Gasteiger partial charge in [-0.25, -0.2) is 0 Å². The van der Waals surface area contributed by atoms with Crippen molar-refractivity contribution in [1.82, 2.24) is 9.97 Å². The van der Waals surface area contributed by atoms with Crippen molar-refractivity contribution in [3.8, 4) is 11.3 Å². The highest BCUT2D eigenvalue weighted by molar-refractivity contribution is 6.88. The highest BCUT2D eigenvalue weighted by Gasteiger charge is 2.37. The van der Waals surface area contributed by atoms with Gasteiger partial charge in [-0.05, 0) is 46.0 Å². The van der Waals surface area contributed by atoms with Gasteiger partial charge in [-0.3, -0.25) is 9.97 Å². The molecule has 0 fully saturated rings. The van der Waals surface area contributed by atoms with Gasteiger partial charge in [0.1, 0.15) is 8.07 Å². The van der Waals surface area contributed by atoms with Gasteiger partial charge in [-0.2, -0.15) is 0 Å². The van der Waals surface area contributed by atoms with Crippen LogP contribution in [0.25, 0.3) is 32.8 Å². The largest absolute Gasteiger partial charge is 0.261 e. The lowest BCUT2D eigenvalue weighted by atomic mass is 9.71. The standard InChI is InChI=1S/C24H24N2Si/c1-24(2)19-13-16-9-7-6-8-15(16)12-18(19)22-21-17(10-11-25-22)14-20(26-23(21)24)27(3,4)5/h6-14H,1-5H3. The molecule has 2 nitrogen and oxygen atoms in total. The van der Waals surface area contributed by atoms with Crippen molar-refractivity contribution in [2.45, 2.75) is 38.9 Å². The zero-order valence-electron chi connectivity index (χ0n) is 16.6. The Morgan fingerprint density at radius 2 is 1.56 bits per heavy atom. The predicted octanol–water partition coefficient (Wildman–Crippen LogP) is 5.63. The third-order valence-corrected chi connectivity index (χ3v) is 7.71. The molecular formula is C24H24N2Si. The van der Waals surface area contributed by atoms with Crippen LogP contribution in [0.15, 0.2) is 54.7 Å². The third kappa shape index (κ3) is 2.31. The summed E-state index contributed by atoms with van der Waals surface area (Å²) in [6.07, 6.45) is 1.95. The van der Waals surface area contributed by atoms with Crippen LogP contribution < -0.4 is 5.32 Å². The van der Waals surface area contributed by atoms with E-state index in [1.807, 2.05) is 6.20 Å². The lowest BCUT2D eigenvalue weighted by Crippen LogP contribution is -2.42. The Balaban J connectivity index is 1.96. The Bertz CT molecular complexity index is 1230. The summed E-state index contributed by atoms with van der Waals surface area (Å²) in [5.74, 6) is 0. The first kappa shape index (κ1) is 16.6. The molecule has 2 aromatic carbocycles. The Hall–Kier alpha value is -2.52. The number of aromatic nitrogens is 2. The van der Waals surface area contributed by atoms with E-state index < -0.39 is 8.07 Å². The van der Waals surface area contributed by atoms with Crippen LogP contribution >= 0.6 is 0 Å². The SMILES string of the molecule is CC1(C)c2cc3ccccc3cc2-c2nccc3cc([Si](C)(C)C)nc1c23. The van der Waals surface area contributed by atoms with Crippen LogP contribution in [0.4, 0.5) is 0 Å². The fourth-order valence-corrected chi connectivity index (χ4v) is 5.36. The minimum Gasteiger partial charge on any atom is -0.261 e. The van der Waals surface area contributed by atoms with Crippen LogP contribution in [-0.4, -0.2) is 18.0 Å². The summed E-state index contributed by atoms with van der Waals surface area (Å²) in [5.41, 5.74) is 4.69. The molecule has 0 aliphatic heterocycles. The molecular weight excluding hydrogens is 344 g/mol. The third-order valence-electron chi connectivity index (χ3n) is 5.92. The molecule has 5 rings (SSSR count). The van der Waals surface area contributed by atoms with Crippen LogP contribution in [0.5, 0.6) is 0 Å². The second-order valence-corrected chi connectivity index (χ2v) is 14.2. The molecule has 0 saturated carbocycles. The molecule has 134 valence electrons. The first-order valence-corrected chi connectivity index (χ1v) is 13.1. The fourth-order valence-electron chi connectivity index (χ4n) is 4.32. The summed E-state index contributed by atoms with van der Waals surface area (Å²) in [5, 5.41) is 6.32. The van der Waals surface area contributed by atoms with Crippen molar-refractivity contribution in [1.29, 1.82) is 0 Å². The molecule has 0 saturated heterocycles. The Kier molecular flexibility index (Phi) is 3.24. The van der Waals surface area contributed by atoms with E-state index in [1.54, 1.807) is 0 Å². The topological polar surface area (TPSA) is 25.8 Å². The number of hydrogen-bond donors (Lipinski definition) is 0. The summed E-state index contributed by atoms with van der Waals surface area (Å²) in [7, 11) is -1.52. The second-order valence-electron chi connectivity index (χ2n) is 9.23. The molecule has 0 unspecified atom stereocenters. The quantitative estimate of drug-likeness (QED) is 0.407. The van der Waals surface area contributed by atoms with Gasteiger partial charge in [0.05, 0.1) is 11.4 Å². The molecule has 0 amide bonds. The molecule has 1 aliphatic carbocycles. The highest BCUT2D eigenvalue weighted by Crippen LogP contribution is 2.47. The lowest BCUT2D eigenvalue weighted by molar-refractivity contribution is 0.623. The van der Waals surface area contributed by atoms with E-state index >= 15 is 0 Å². The smallest absolute Gasteiger partial charge is 0.101 e. The van der Waals surface area contributed by atoms with Crippen LogP contribution in [0.2, 0.25) is 19.6 Å². The molecule has 3 heteroatoms. The summed E-state index contributed by atoms with van der Waals surface area (Å²) in [4.78, 5) is 10.1. The van der Waals surface area contributed by atoms with Gasteiger partial charge < -0.3 is 0 Å². The normalized spacial score (nSPS) is 15.1. The van der Waals surface area contributed by atoms with Crippen LogP contribution in [0.3, 0.4) is 0 Å². The van der Waals surface area contributed by atoms with Crippen molar-refractivity contribution in [3.63, 3.8) is 0 Å². The molecule has 4 aromatic rings. The first-order chi connectivity index (χ1) is 12.8. The zero-order chi connectivity index (χ0) is 19.0. The molecule has 0 atom stereocenters.